The summed E-state index contributed by atoms with van der Waals surface area (Å²) in [5.74, 6) is -1.12. The lowest BCUT2D eigenvalue weighted by atomic mass is 9.93. The molecule has 2 fully saturated rings. The van der Waals surface area contributed by atoms with Gasteiger partial charge >= 0.3 is 0 Å². The van der Waals surface area contributed by atoms with Crippen LogP contribution in [0.15, 0.2) is 12.1 Å². The van der Waals surface area contributed by atoms with Crippen LogP contribution in [0.4, 0.5) is 0 Å². The van der Waals surface area contributed by atoms with Crippen molar-refractivity contribution in [1.82, 2.24) is 20.6 Å². The van der Waals surface area contributed by atoms with Crippen molar-refractivity contribution in [2.75, 3.05) is 6.54 Å². The number of amides is 2. The molecule has 2 amide bonds. The molecule has 2 aliphatic rings. The van der Waals surface area contributed by atoms with Crippen LogP contribution in [-0.2, 0) is 9.59 Å². The van der Waals surface area contributed by atoms with E-state index in [1.807, 2.05) is 0 Å². The lowest BCUT2D eigenvalue weighted by Gasteiger charge is -2.19. The lowest BCUT2D eigenvalue weighted by Crippen LogP contribution is -2.40. The van der Waals surface area contributed by atoms with Crippen molar-refractivity contribution in [3.63, 3.8) is 0 Å². The molecular weight excluding hydrogens is 453 g/mol. The first kappa shape index (κ1) is 22.6. The summed E-state index contributed by atoms with van der Waals surface area (Å²) in [5.41, 5.74) is 0.884. The van der Waals surface area contributed by atoms with Gasteiger partial charge in [-0.15, -0.1) is 0 Å². The fraction of sp³-hybridized carbons (Fsp3) is 0.500. The number of fused-ring (bicyclic) bond motifs is 1. The van der Waals surface area contributed by atoms with Gasteiger partial charge in [-0.3, -0.25) is 14.4 Å². The molecule has 3 N–H and O–H groups in total. The van der Waals surface area contributed by atoms with Gasteiger partial charge in [0.15, 0.2) is 11.6 Å². The first-order chi connectivity index (χ1) is 15.4. The van der Waals surface area contributed by atoms with Gasteiger partial charge in [0.25, 0.3) is 0 Å². The number of hydrogen-bond donors (Lipinski definition) is 3. The molecule has 1 aromatic carbocycles. The highest BCUT2D eigenvalue weighted by Crippen LogP contribution is 2.37. The molecule has 1 saturated carbocycles. The van der Waals surface area contributed by atoms with Crippen LogP contribution >= 0.6 is 23.2 Å². The van der Waals surface area contributed by atoms with E-state index in [4.69, 9.17) is 23.2 Å². The van der Waals surface area contributed by atoms with Gasteiger partial charge in [0, 0.05) is 24.8 Å². The summed E-state index contributed by atoms with van der Waals surface area (Å²) in [5, 5.41) is 15.7. The van der Waals surface area contributed by atoms with E-state index in [1.165, 1.54) is 0 Å². The van der Waals surface area contributed by atoms with Crippen LogP contribution in [-0.4, -0.2) is 40.2 Å². The summed E-state index contributed by atoms with van der Waals surface area (Å²) in [6.07, 6.45) is 3.49. The van der Waals surface area contributed by atoms with Gasteiger partial charge in [0.2, 0.25) is 11.8 Å². The van der Waals surface area contributed by atoms with Gasteiger partial charge in [-0.1, -0.05) is 36.0 Å². The molecule has 2 heterocycles. The molecule has 0 spiro atoms. The Bertz CT molecular complexity index is 1070. The molecule has 3 atom stereocenters. The number of carbonyl (C=O) groups is 3. The van der Waals surface area contributed by atoms with Crippen molar-refractivity contribution in [2.45, 2.75) is 44.6 Å². The normalized spacial score (nSPS) is 19.9. The SMILES string of the molecule is N#CC(CC1CCNC1=O)NC(=O)C(CC(=O)c1nc2c(Cl)ccc(Cl)c2[nH]1)CC1CC1. The quantitative estimate of drug-likeness (QED) is 0.478. The van der Waals surface area contributed by atoms with E-state index in [1.54, 1.807) is 12.1 Å². The number of hydrogen-bond acceptors (Lipinski definition) is 5. The molecule has 3 unspecified atom stereocenters. The van der Waals surface area contributed by atoms with Gasteiger partial charge < -0.3 is 15.6 Å². The number of halogens is 2. The molecule has 168 valence electrons. The number of aromatic nitrogens is 2. The Morgan fingerprint density at radius 3 is 2.59 bits per heavy atom. The molecule has 0 bridgehead atoms. The van der Waals surface area contributed by atoms with Crippen molar-refractivity contribution < 1.29 is 14.4 Å². The summed E-state index contributed by atoms with van der Waals surface area (Å²) in [7, 11) is 0. The van der Waals surface area contributed by atoms with Gasteiger partial charge in [-0.05, 0) is 37.3 Å². The van der Waals surface area contributed by atoms with E-state index >= 15 is 0 Å². The second kappa shape index (κ2) is 9.47. The van der Waals surface area contributed by atoms with Crippen molar-refractivity contribution in [3.05, 3.63) is 28.0 Å². The van der Waals surface area contributed by atoms with E-state index in [-0.39, 0.29) is 42.2 Å². The van der Waals surface area contributed by atoms with Gasteiger partial charge in [0.05, 0.1) is 21.6 Å². The fourth-order valence-electron chi connectivity index (χ4n) is 4.11. The zero-order valence-corrected chi connectivity index (χ0v) is 18.8. The van der Waals surface area contributed by atoms with E-state index in [2.05, 4.69) is 26.7 Å². The maximum atomic E-state index is 13.0. The second-order valence-electron chi connectivity index (χ2n) is 8.54. The van der Waals surface area contributed by atoms with Gasteiger partial charge in [-0.25, -0.2) is 4.98 Å². The zero-order valence-electron chi connectivity index (χ0n) is 17.3. The number of aromatic amines is 1. The Hall–Kier alpha value is -2.63. The molecule has 1 aromatic heterocycles. The number of rotatable bonds is 9. The molecule has 32 heavy (non-hydrogen) atoms. The topological polar surface area (TPSA) is 128 Å². The third kappa shape index (κ3) is 5.05. The standard InChI is InChI=1S/C22H23Cl2N5O3/c23-15-3-4-16(24)19-18(15)28-20(29-19)17(30)9-13(7-11-1-2-11)22(32)27-14(10-25)8-12-5-6-26-21(12)31/h3-4,11-14H,1-2,5-9H2,(H,26,31)(H,27,32)(H,28,29). The Balaban J connectivity index is 1.45. The summed E-state index contributed by atoms with van der Waals surface area (Å²) in [6, 6.07) is 4.52. The van der Waals surface area contributed by atoms with Gasteiger partial charge in [-0.2, -0.15) is 5.26 Å². The highest BCUT2D eigenvalue weighted by atomic mass is 35.5. The van der Waals surface area contributed by atoms with E-state index in [9.17, 15) is 19.6 Å². The lowest BCUT2D eigenvalue weighted by molar-refractivity contribution is -0.127. The maximum Gasteiger partial charge on any atom is 0.224 e. The number of H-pyrrole nitrogens is 1. The van der Waals surface area contributed by atoms with Crippen molar-refractivity contribution in [1.29, 1.82) is 5.26 Å². The molecule has 2 aromatic rings. The minimum absolute atomic E-state index is 0.0422. The highest BCUT2D eigenvalue weighted by Gasteiger charge is 2.34. The average molecular weight is 476 g/mol. The highest BCUT2D eigenvalue weighted by molar-refractivity contribution is 6.39. The summed E-state index contributed by atoms with van der Waals surface area (Å²) in [6.45, 7) is 0.583. The first-order valence-electron chi connectivity index (χ1n) is 10.7. The van der Waals surface area contributed by atoms with Crippen LogP contribution in [0, 0.1) is 29.1 Å². The zero-order chi connectivity index (χ0) is 22.8. The number of nitrogens with one attached hydrogen (secondary N) is 3. The molecule has 1 saturated heterocycles. The average Bonchev–Trinajstić information content (AvgIpc) is 3.31. The Morgan fingerprint density at radius 2 is 1.97 bits per heavy atom. The molecule has 0 radical (unpaired) electrons. The van der Waals surface area contributed by atoms with E-state index in [0.29, 0.717) is 46.4 Å². The summed E-state index contributed by atoms with van der Waals surface area (Å²) >= 11 is 12.3. The van der Waals surface area contributed by atoms with Crippen LogP contribution in [0.1, 0.15) is 49.1 Å². The number of Topliss-reactive ketones (excluding diaryl/α,β-unsaturated/α-hetero) is 1. The van der Waals surface area contributed by atoms with Crippen molar-refractivity contribution in [2.24, 2.45) is 17.8 Å². The predicted molar refractivity (Wildman–Crippen MR) is 119 cm³/mol. The molecule has 10 heteroatoms. The molecule has 4 rings (SSSR count). The monoisotopic (exact) mass is 475 g/mol. The number of nitrogens with zero attached hydrogens (tertiary/aromatic N) is 2. The van der Waals surface area contributed by atoms with Crippen molar-refractivity contribution >= 4 is 51.8 Å². The number of imidazole rings is 1. The minimum Gasteiger partial charge on any atom is -0.356 e. The second-order valence-corrected chi connectivity index (χ2v) is 9.36. The molecular formula is C22H23Cl2N5O3. The van der Waals surface area contributed by atoms with Crippen LogP contribution in [0.5, 0.6) is 0 Å². The van der Waals surface area contributed by atoms with Crippen LogP contribution < -0.4 is 10.6 Å². The molecule has 8 nitrogen and oxygen atoms in total. The van der Waals surface area contributed by atoms with Crippen LogP contribution in [0.2, 0.25) is 10.0 Å². The van der Waals surface area contributed by atoms with Crippen LogP contribution in [0.3, 0.4) is 0 Å². The minimum atomic E-state index is -0.781. The van der Waals surface area contributed by atoms with Gasteiger partial charge in [0.1, 0.15) is 11.6 Å². The number of benzene rings is 1. The third-order valence-corrected chi connectivity index (χ3v) is 6.70. The number of carbonyl (C=O) groups excluding carboxylic acids is 3. The maximum absolute atomic E-state index is 13.0. The first-order valence-corrected chi connectivity index (χ1v) is 11.5. The Morgan fingerprint density at radius 1 is 1.22 bits per heavy atom. The van der Waals surface area contributed by atoms with E-state index < -0.39 is 12.0 Å². The largest absolute Gasteiger partial charge is 0.356 e. The molecule has 1 aliphatic heterocycles. The number of nitriles is 1. The smallest absolute Gasteiger partial charge is 0.224 e. The third-order valence-electron chi connectivity index (χ3n) is 6.08. The summed E-state index contributed by atoms with van der Waals surface area (Å²) < 4.78 is 0. The van der Waals surface area contributed by atoms with Crippen LogP contribution in [0.25, 0.3) is 11.0 Å². The predicted octanol–water partition coefficient (Wildman–Crippen LogP) is 3.39. The summed E-state index contributed by atoms with van der Waals surface area (Å²) in [4.78, 5) is 45.0. The van der Waals surface area contributed by atoms with Crippen molar-refractivity contribution in [3.8, 4) is 6.07 Å². The van der Waals surface area contributed by atoms with E-state index in [0.717, 1.165) is 12.8 Å². The Labute approximate surface area is 195 Å². The Kier molecular flexibility index (Phi) is 6.68. The fourth-order valence-corrected chi connectivity index (χ4v) is 4.51. The number of ketones is 1. The molecule has 1 aliphatic carbocycles.